The summed E-state index contributed by atoms with van der Waals surface area (Å²) in [4.78, 5) is 26.5. The molecule has 0 aliphatic heterocycles. The molecule has 0 spiro atoms. The van der Waals surface area contributed by atoms with Crippen molar-refractivity contribution in [2.45, 2.75) is 40.5 Å². The Balaban J connectivity index is 1.55. The van der Waals surface area contributed by atoms with Crippen molar-refractivity contribution < 1.29 is 14.3 Å². The summed E-state index contributed by atoms with van der Waals surface area (Å²) in [6.07, 6.45) is 1.46. The molecule has 0 saturated heterocycles. The molecule has 0 heterocycles. The van der Waals surface area contributed by atoms with E-state index in [9.17, 15) is 9.59 Å². The monoisotopic (exact) mass is 806 g/mol. The van der Waals surface area contributed by atoms with E-state index in [0.717, 1.165) is 44.0 Å². The Labute approximate surface area is 300 Å². The zero-order chi connectivity index (χ0) is 33.0. The first-order valence-electron chi connectivity index (χ1n) is 14.0. The molecular formula is C36H28Br2Cl4O3. The average Bonchev–Trinajstić information content (AvgIpc) is 3.04. The Morgan fingerprint density at radius 2 is 0.978 bits per heavy atom. The zero-order valence-electron chi connectivity index (χ0n) is 24.8. The fourth-order valence-corrected chi connectivity index (χ4v) is 6.54. The molecule has 0 N–H and O–H groups in total. The highest BCUT2D eigenvalue weighted by Crippen LogP contribution is 2.36. The highest BCUT2D eigenvalue weighted by Gasteiger charge is 2.21. The maximum Gasteiger partial charge on any atom is 0.205 e. The predicted molar refractivity (Wildman–Crippen MR) is 195 cm³/mol. The summed E-state index contributed by atoms with van der Waals surface area (Å²) in [5.74, 6) is 0.310. The molecule has 0 amide bonds. The number of rotatable bonds is 10. The molecule has 0 bridgehead atoms. The third-order valence-electron chi connectivity index (χ3n) is 7.25. The Hall–Kier alpha value is -2.38. The number of carbonyl (C=O) groups excluding carboxylic acids is 2. The Kier molecular flexibility index (Phi) is 12.2. The third-order valence-corrected chi connectivity index (χ3v) is 9.93. The number of hydrogen-bond acceptors (Lipinski definition) is 3. The molecule has 4 rings (SSSR count). The number of aryl methyl sites for hydroxylation is 4. The lowest BCUT2D eigenvalue weighted by molar-refractivity contribution is 0.103. The van der Waals surface area contributed by atoms with E-state index in [0.29, 0.717) is 33.8 Å². The quantitative estimate of drug-likeness (QED) is 0.118. The van der Waals surface area contributed by atoms with Gasteiger partial charge in [0.05, 0.1) is 10.1 Å². The summed E-state index contributed by atoms with van der Waals surface area (Å²) in [5, 5.41) is 0.287. The number of benzene rings is 4. The summed E-state index contributed by atoms with van der Waals surface area (Å²) >= 11 is 33.1. The highest BCUT2D eigenvalue weighted by atomic mass is 79.9. The third kappa shape index (κ3) is 8.13. The number of allylic oxidation sites excluding steroid dienone is 2. The van der Waals surface area contributed by atoms with E-state index in [4.69, 9.17) is 51.1 Å². The number of halogens is 6. The molecule has 0 aliphatic rings. The number of carbonyl (C=O) groups is 2. The molecule has 0 radical (unpaired) electrons. The zero-order valence-corrected chi connectivity index (χ0v) is 31.0. The van der Waals surface area contributed by atoms with Gasteiger partial charge in [-0.1, -0.05) is 104 Å². The van der Waals surface area contributed by atoms with Crippen molar-refractivity contribution >= 4 is 99.9 Å². The van der Waals surface area contributed by atoms with Gasteiger partial charge in [0.2, 0.25) is 11.6 Å². The van der Waals surface area contributed by atoms with E-state index in [1.165, 1.54) is 0 Å². The molecule has 0 atom stereocenters. The number of ether oxygens (including phenoxy) is 1. The van der Waals surface area contributed by atoms with Crippen LogP contribution in [0.15, 0.2) is 91.8 Å². The van der Waals surface area contributed by atoms with Crippen LogP contribution in [0.3, 0.4) is 0 Å². The van der Waals surface area contributed by atoms with Crippen molar-refractivity contribution in [3.63, 3.8) is 0 Å². The molecule has 0 saturated carbocycles. The summed E-state index contributed by atoms with van der Waals surface area (Å²) < 4.78 is 8.02. The molecule has 4 aromatic carbocycles. The smallest absolute Gasteiger partial charge is 0.205 e. The molecule has 9 heteroatoms. The van der Waals surface area contributed by atoms with Crippen LogP contribution in [0.1, 0.15) is 67.9 Å². The van der Waals surface area contributed by atoms with Crippen LogP contribution < -0.4 is 4.74 Å². The minimum absolute atomic E-state index is 0.0586. The first kappa shape index (κ1) is 35.5. The SMILES string of the molecule is CCc1cc(Br)ccc1/C(Cl)=C(\Cl)C(=O)c1ccc(Oc2ccc(C(=O)/C(Cl)=C(\Cl)c3ccc(Br)cc3CC)cc2C)c(C)c1. The number of ketones is 2. The van der Waals surface area contributed by atoms with E-state index in [-0.39, 0.29) is 20.1 Å². The van der Waals surface area contributed by atoms with Gasteiger partial charge in [-0.25, -0.2) is 0 Å². The molecule has 45 heavy (non-hydrogen) atoms. The van der Waals surface area contributed by atoms with Gasteiger partial charge in [-0.05, 0) is 121 Å². The standard InChI is InChI=1S/C36H28Br2Cl4O3/c1-5-21-17-25(37)9-11-27(21)31(39)33(41)35(43)23-7-13-29(19(3)15-23)45-30-14-8-24(16-20(30)4)36(44)34(42)32(40)28-12-10-26(38)18-22(28)6-2/h7-18H,5-6H2,1-4H3/b33-31+,34-32+. The van der Waals surface area contributed by atoms with Crippen molar-refractivity contribution in [3.05, 3.63) is 136 Å². The van der Waals surface area contributed by atoms with Crippen LogP contribution >= 0.6 is 78.3 Å². The highest BCUT2D eigenvalue weighted by molar-refractivity contribution is 9.10. The van der Waals surface area contributed by atoms with Crippen molar-refractivity contribution in [1.82, 2.24) is 0 Å². The van der Waals surface area contributed by atoms with Gasteiger partial charge in [-0.3, -0.25) is 9.59 Å². The first-order chi connectivity index (χ1) is 21.4. The maximum atomic E-state index is 13.3. The van der Waals surface area contributed by atoms with Gasteiger partial charge in [0.15, 0.2) is 0 Å². The van der Waals surface area contributed by atoms with Gasteiger partial charge in [-0.2, -0.15) is 0 Å². The maximum absolute atomic E-state index is 13.3. The molecule has 0 aliphatic carbocycles. The second kappa shape index (κ2) is 15.5. The normalized spacial score (nSPS) is 12.4. The lowest BCUT2D eigenvalue weighted by atomic mass is 10.0. The van der Waals surface area contributed by atoms with Crippen molar-refractivity contribution in [2.75, 3.05) is 0 Å². The van der Waals surface area contributed by atoms with Crippen molar-refractivity contribution in [3.8, 4) is 11.5 Å². The molecule has 0 aromatic heterocycles. The van der Waals surface area contributed by atoms with E-state index < -0.39 is 11.6 Å². The second-order valence-corrected chi connectivity index (χ2v) is 13.6. The molecule has 0 unspecified atom stereocenters. The molecule has 232 valence electrons. The lowest BCUT2D eigenvalue weighted by Gasteiger charge is -2.14. The summed E-state index contributed by atoms with van der Waals surface area (Å²) in [6.45, 7) is 7.69. The molecule has 3 nitrogen and oxygen atoms in total. The van der Waals surface area contributed by atoms with Gasteiger partial charge in [-0.15, -0.1) is 0 Å². The fraction of sp³-hybridized carbons (Fsp3) is 0.167. The van der Waals surface area contributed by atoms with Crippen LogP contribution in [0.4, 0.5) is 0 Å². The first-order valence-corrected chi connectivity index (χ1v) is 17.1. The van der Waals surface area contributed by atoms with Gasteiger partial charge in [0.25, 0.3) is 0 Å². The minimum atomic E-state index is -0.391. The van der Waals surface area contributed by atoms with Gasteiger partial charge in [0.1, 0.15) is 21.6 Å². The van der Waals surface area contributed by atoms with Crippen molar-refractivity contribution in [2.24, 2.45) is 0 Å². The summed E-state index contributed by atoms with van der Waals surface area (Å²) in [6, 6.07) is 21.4. The Morgan fingerprint density at radius 3 is 1.31 bits per heavy atom. The minimum Gasteiger partial charge on any atom is -0.457 e. The van der Waals surface area contributed by atoms with E-state index in [2.05, 4.69) is 31.9 Å². The van der Waals surface area contributed by atoms with Gasteiger partial charge in [0, 0.05) is 20.1 Å². The molecule has 0 fully saturated rings. The van der Waals surface area contributed by atoms with E-state index in [1.807, 2.05) is 64.1 Å². The Morgan fingerprint density at radius 1 is 0.600 bits per heavy atom. The van der Waals surface area contributed by atoms with Crippen LogP contribution in [-0.4, -0.2) is 11.6 Å². The molecular weight excluding hydrogens is 782 g/mol. The van der Waals surface area contributed by atoms with E-state index >= 15 is 0 Å². The van der Waals surface area contributed by atoms with Crippen LogP contribution in [-0.2, 0) is 12.8 Å². The second-order valence-electron chi connectivity index (χ2n) is 10.3. The lowest BCUT2D eigenvalue weighted by Crippen LogP contribution is -2.03. The number of Topliss-reactive ketones (excluding diaryl/α,β-unsaturated/α-hetero) is 2. The van der Waals surface area contributed by atoms with Crippen LogP contribution in [0.25, 0.3) is 10.1 Å². The topological polar surface area (TPSA) is 43.4 Å². The van der Waals surface area contributed by atoms with Gasteiger partial charge < -0.3 is 4.74 Å². The fourth-order valence-electron chi connectivity index (χ4n) is 4.76. The Bertz CT molecular complexity index is 1740. The van der Waals surface area contributed by atoms with E-state index in [1.54, 1.807) is 36.4 Å². The largest absolute Gasteiger partial charge is 0.457 e. The summed E-state index contributed by atoms with van der Waals surface area (Å²) in [7, 11) is 0. The van der Waals surface area contributed by atoms with Crippen LogP contribution in [0.2, 0.25) is 0 Å². The number of hydrogen-bond donors (Lipinski definition) is 0. The summed E-state index contributed by atoms with van der Waals surface area (Å²) in [5.41, 5.74) is 5.58. The van der Waals surface area contributed by atoms with Crippen LogP contribution in [0.5, 0.6) is 11.5 Å². The van der Waals surface area contributed by atoms with Crippen LogP contribution in [0, 0.1) is 13.8 Å². The predicted octanol–water partition coefficient (Wildman–Crippen LogP) is 12.8. The van der Waals surface area contributed by atoms with Gasteiger partial charge >= 0.3 is 0 Å². The molecule has 4 aromatic rings. The average molecular weight is 810 g/mol. The van der Waals surface area contributed by atoms with Crippen molar-refractivity contribution in [1.29, 1.82) is 0 Å².